The Morgan fingerprint density at radius 2 is 1.23 bits per heavy atom. The minimum Gasteiger partial charge on any atom is -0.296 e. The Hall–Kier alpha value is -2.67. The van der Waals surface area contributed by atoms with Gasteiger partial charge < -0.3 is 0 Å². The van der Waals surface area contributed by atoms with Crippen LogP contribution in [-0.4, -0.2) is 13.3 Å². The molecule has 3 aromatic carbocycles. The molecule has 0 aliphatic carbocycles. The normalized spacial score (nSPS) is 11.0. The van der Waals surface area contributed by atoms with E-state index in [2.05, 4.69) is 84.7 Å². The van der Waals surface area contributed by atoms with Crippen molar-refractivity contribution in [2.45, 2.75) is 6.92 Å². The lowest BCUT2D eigenvalue weighted by molar-refractivity contribution is 1.46. The fraction of sp³-hybridized carbons (Fsp3) is 0.0952. The van der Waals surface area contributed by atoms with Crippen molar-refractivity contribution in [3.8, 4) is 22.3 Å². The van der Waals surface area contributed by atoms with Gasteiger partial charge in [-0.1, -0.05) is 66.2 Å². The van der Waals surface area contributed by atoms with Crippen LogP contribution in [0.2, 0.25) is 0 Å². The fourth-order valence-corrected chi connectivity index (χ4v) is 2.65. The van der Waals surface area contributed by atoms with Crippen molar-refractivity contribution in [2.24, 2.45) is 4.99 Å². The molecule has 108 valence electrons. The predicted octanol–water partition coefficient (Wildman–Crippen LogP) is 5.38. The predicted molar refractivity (Wildman–Crippen MR) is 95.6 cm³/mol. The number of hydrogen-bond acceptors (Lipinski definition) is 1. The fourth-order valence-electron chi connectivity index (χ4n) is 2.65. The number of hydrogen-bond donors (Lipinski definition) is 0. The zero-order chi connectivity index (χ0) is 15.4. The summed E-state index contributed by atoms with van der Waals surface area (Å²) in [4.78, 5) is 4.09. The van der Waals surface area contributed by atoms with E-state index in [1.54, 1.807) is 7.05 Å². The molecule has 0 aliphatic heterocycles. The van der Waals surface area contributed by atoms with Gasteiger partial charge in [0.15, 0.2) is 0 Å². The summed E-state index contributed by atoms with van der Waals surface area (Å²) in [5.74, 6) is 0. The lowest BCUT2D eigenvalue weighted by atomic mass is 9.97. The molecular weight excluding hydrogens is 266 g/mol. The van der Waals surface area contributed by atoms with E-state index in [1.165, 1.54) is 27.8 Å². The summed E-state index contributed by atoms with van der Waals surface area (Å²) < 4.78 is 0. The van der Waals surface area contributed by atoms with Gasteiger partial charge >= 0.3 is 0 Å². The summed E-state index contributed by atoms with van der Waals surface area (Å²) >= 11 is 0. The summed E-state index contributed by atoms with van der Waals surface area (Å²) in [6.45, 7) is 2.13. The quantitative estimate of drug-likeness (QED) is 0.573. The van der Waals surface area contributed by atoms with E-state index in [1.807, 2.05) is 6.21 Å². The Morgan fingerprint density at radius 1 is 0.682 bits per heavy atom. The molecule has 0 spiro atoms. The van der Waals surface area contributed by atoms with Gasteiger partial charge in [-0.25, -0.2) is 0 Å². The van der Waals surface area contributed by atoms with Crippen molar-refractivity contribution < 1.29 is 0 Å². The molecule has 0 amide bonds. The van der Waals surface area contributed by atoms with Crippen molar-refractivity contribution in [1.29, 1.82) is 0 Å². The zero-order valence-corrected chi connectivity index (χ0v) is 13.0. The molecule has 22 heavy (non-hydrogen) atoms. The van der Waals surface area contributed by atoms with Crippen LogP contribution in [0.1, 0.15) is 11.1 Å². The molecular formula is C21H19N. The van der Waals surface area contributed by atoms with E-state index in [4.69, 9.17) is 0 Å². The third kappa shape index (κ3) is 3.15. The van der Waals surface area contributed by atoms with E-state index >= 15 is 0 Å². The maximum atomic E-state index is 4.09. The molecule has 1 nitrogen and oxygen atoms in total. The highest BCUT2D eigenvalue weighted by Crippen LogP contribution is 2.27. The number of rotatable bonds is 3. The first kappa shape index (κ1) is 14.3. The molecule has 0 aromatic heterocycles. The summed E-state index contributed by atoms with van der Waals surface area (Å²) in [6, 6.07) is 25.8. The smallest absolute Gasteiger partial charge is 0.0281 e. The first-order chi connectivity index (χ1) is 10.8. The maximum absolute atomic E-state index is 4.09. The number of aryl methyl sites for hydroxylation is 1. The third-order valence-corrected chi connectivity index (χ3v) is 3.71. The molecule has 0 N–H and O–H groups in total. The maximum Gasteiger partial charge on any atom is 0.0281 e. The average molecular weight is 285 g/mol. The van der Waals surface area contributed by atoms with Gasteiger partial charge in [-0.2, -0.15) is 0 Å². The topological polar surface area (TPSA) is 12.4 Å². The summed E-state index contributed by atoms with van der Waals surface area (Å²) in [5.41, 5.74) is 7.35. The van der Waals surface area contributed by atoms with Crippen LogP contribution >= 0.6 is 0 Å². The van der Waals surface area contributed by atoms with Crippen molar-refractivity contribution in [3.05, 3.63) is 83.9 Å². The first-order valence-corrected chi connectivity index (χ1v) is 7.46. The molecule has 0 bridgehead atoms. The Bertz CT molecular complexity index is 815. The highest BCUT2D eigenvalue weighted by molar-refractivity contribution is 5.83. The van der Waals surface area contributed by atoms with Crippen LogP contribution < -0.4 is 0 Å². The SMILES string of the molecule is CN=Cc1cccc(-c2cccc(-c3cccc(C)c3)c2)c1. The van der Waals surface area contributed by atoms with Gasteiger partial charge in [-0.3, -0.25) is 4.99 Å². The van der Waals surface area contributed by atoms with Crippen molar-refractivity contribution in [3.63, 3.8) is 0 Å². The molecule has 0 unspecified atom stereocenters. The molecule has 0 saturated carbocycles. The van der Waals surface area contributed by atoms with Crippen LogP contribution in [0.4, 0.5) is 0 Å². The molecule has 0 saturated heterocycles. The highest BCUT2D eigenvalue weighted by atomic mass is 14.6. The molecule has 0 fully saturated rings. The van der Waals surface area contributed by atoms with E-state index in [0.29, 0.717) is 0 Å². The molecule has 1 heteroatoms. The first-order valence-electron chi connectivity index (χ1n) is 7.46. The lowest BCUT2D eigenvalue weighted by Crippen LogP contribution is -1.85. The third-order valence-electron chi connectivity index (χ3n) is 3.71. The molecule has 3 aromatic rings. The van der Waals surface area contributed by atoms with E-state index in [9.17, 15) is 0 Å². The Morgan fingerprint density at radius 3 is 1.86 bits per heavy atom. The molecule has 0 radical (unpaired) electrons. The van der Waals surface area contributed by atoms with Gasteiger partial charge in [-0.15, -0.1) is 0 Å². The van der Waals surface area contributed by atoms with Gasteiger partial charge in [0, 0.05) is 13.3 Å². The standard InChI is InChI=1S/C21H19N/c1-16-6-3-8-18(12-16)20-10-5-11-21(14-20)19-9-4-7-17(13-19)15-22-2/h3-15H,1-2H3. The van der Waals surface area contributed by atoms with Crippen molar-refractivity contribution >= 4 is 6.21 Å². The van der Waals surface area contributed by atoms with Gasteiger partial charge in [0.05, 0.1) is 0 Å². The largest absolute Gasteiger partial charge is 0.296 e. The minimum absolute atomic E-state index is 1.13. The highest BCUT2D eigenvalue weighted by Gasteiger charge is 2.02. The number of aliphatic imine (C=N–C) groups is 1. The van der Waals surface area contributed by atoms with Crippen LogP contribution in [0.5, 0.6) is 0 Å². The van der Waals surface area contributed by atoms with E-state index in [0.717, 1.165) is 5.56 Å². The number of nitrogens with zero attached hydrogens (tertiary/aromatic N) is 1. The summed E-state index contributed by atoms with van der Waals surface area (Å²) in [7, 11) is 1.80. The van der Waals surface area contributed by atoms with E-state index < -0.39 is 0 Å². The number of benzene rings is 3. The second-order valence-corrected chi connectivity index (χ2v) is 5.46. The van der Waals surface area contributed by atoms with Crippen molar-refractivity contribution in [2.75, 3.05) is 7.05 Å². The lowest BCUT2D eigenvalue weighted by Gasteiger charge is -2.07. The van der Waals surface area contributed by atoms with Crippen molar-refractivity contribution in [1.82, 2.24) is 0 Å². The Balaban J connectivity index is 2.03. The second kappa shape index (κ2) is 6.40. The van der Waals surface area contributed by atoms with Crippen LogP contribution in [0.15, 0.2) is 77.8 Å². The molecule has 0 atom stereocenters. The minimum atomic E-state index is 1.13. The van der Waals surface area contributed by atoms with Crippen LogP contribution in [0.25, 0.3) is 22.3 Å². The summed E-state index contributed by atoms with van der Waals surface area (Å²) in [5, 5.41) is 0. The van der Waals surface area contributed by atoms with E-state index in [-0.39, 0.29) is 0 Å². The monoisotopic (exact) mass is 285 g/mol. The van der Waals surface area contributed by atoms with Crippen LogP contribution in [0.3, 0.4) is 0 Å². The Labute approximate surface area is 132 Å². The van der Waals surface area contributed by atoms with Crippen LogP contribution in [0, 0.1) is 6.92 Å². The zero-order valence-electron chi connectivity index (χ0n) is 13.0. The van der Waals surface area contributed by atoms with Gasteiger partial charge in [0.1, 0.15) is 0 Å². The summed E-state index contributed by atoms with van der Waals surface area (Å²) in [6.07, 6.45) is 1.88. The average Bonchev–Trinajstić information content (AvgIpc) is 2.56. The van der Waals surface area contributed by atoms with Gasteiger partial charge in [-0.05, 0) is 46.9 Å². The van der Waals surface area contributed by atoms with Gasteiger partial charge in [0.2, 0.25) is 0 Å². The Kier molecular flexibility index (Phi) is 4.15. The molecule has 0 aliphatic rings. The molecule has 0 heterocycles. The second-order valence-electron chi connectivity index (χ2n) is 5.46. The van der Waals surface area contributed by atoms with Crippen LogP contribution in [-0.2, 0) is 0 Å². The van der Waals surface area contributed by atoms with Gasteiger partial charge in [0.25, 0.3) is 0 Å². The molecule has 3 rings (SSSR count).